The SMILES string of the molecule is CCCC[C@@H]1NC(=O)OCCCCC/C=C/c2ccc3nc(-c4ccccc4)cc(c3c2)O[C@@H]2C[C@@H](C(=O)OC)N(C2)C1=O. The number of pyridine rings is 1. The summed E-state index contributed by atoms with van der Waals surface area (Å²) in [5.74, 6) is -0.231. The highest BCUT2D eigenvalue weighted by Gasteiger charge is 2.44. The van der Waals surface area contributed by atoms with Gasteiger partial charge in [-0.05, 0) is 49.8 Å². The van der Waals surface area contributed by atoms with Gasteiger partial charge in [-0.15, -0.1) is 0 Å². The van der Waals surface area contributed by atoms with Crippen molar-refractivity contribution in [2.24, 2.45) is 0 Å². The summed E-state index contributed by atoms with van der Waals surface area (Å²) in [4.78, 5) is 45.9. The minimum atomic E-state index is -0.839. The molecule has 5 rings (SSSR count). The molecule has 4 bridgehead atoms. The Morgan fingerprint density at radius 3 is 2.73 bits per heavy atom. The van der Waals surface area contributed by atoms with Crippen LogP contribution in [0, 0.1) is 0 Å². The molecule has 3 aromatic rings. The molecule has 2 amide bonds. The largest absolute Gasteiger partial charge is 0.488 e. The van der Waals surface area contributed by atoms with Crippen LogP contribution in [0.25, 0.3) is 28.2 Å². The summed E-state index contributed by atoms with van der Waals surface area (Å²) in [6.07, 6.45) is 8.92. The number of ether oxygens (including phenoxy) is 3. The van der Waals surface area contributed by atoms with Crippen LogP contribution < -0.4 is 10.1 Å². The predicted molar refractivity (Wildman–Crippen MR) is 169 cm³/mol. The van der Waals surface area contributed by atoms with Crippen LogP contribution >= 0.6 is 0 Å². The van der Waals surface area contributed by atoms with E-state index in [0.29, 0.717) is 12.2 Å². The minimum absolute atomic E-state index is 0.169. The number of hydrogen-bond acceptors (Lipinski definition) is 7. The maximum absolute atomic E-state index is 13.9. The smallest absolute Gasteiger partial charge is 0.407 e. The molecular formula is C35H41N3O6. The molecule has 9 heteroatoms. The molecule has 1 saturated heterocycles. The highest BCUT2D eigenvalue weighted by atomic mass is 16.5. The molecule has 0 radical (unpaired) electrons. The van der Waals surface area contributed by atoms with E-state index in [1.54, 1.807) is 0 Å². The van der Waals surface area contributed by atoms with E-state index in [4.69, 9.17) is 19.2 Å². The summed E-state index contributed by atoms with van der Waals surface area (Å²) in [5, 5.41) is 3.62. The molecule has 3 atom stereocenters. The number of allylic oxidation sites excluding steroid dienone is 1. The van der Waals surface area contributed by atoms with E-state index in [1.165, 1.54) is 12.0 Å². The fourth-order valence-electron chi connectivity index (χ4n) is 5.81. The van der Waals surface area contributed by atoms with E-state index >= 15 is 0 Å². The number of carbonyl (C=O) groups is 3. The standard InChI is InChI=1S/C35H41N3O6/c1-3-4-16-29-33(39)38-23-26(21-31(38)34(40)42-2)44-32-22-30(25-14-10-8-11-15-25)36-28-18-17-24(20-27(28)32)13-9-6-5-7-12-19-43-35(41)37-29/h8-11,13-15,17-18,20,22,26,29,31H,3-7,12,16,19,21,23H2,1-2H3,(H,37,41)/b13-9+/t26-,29+,31+/m1/s1. The number of methoxy groups -OCH3 is 1. The van der Waals surface area contributed by atoms with Crippen molar-refractivity contribution in [2.75, 3.05) is 20.3 Å². The fourth-order valence-corrected chi connectivity index (χ4v) is 5.81. The van der Waals surface area contributed by atoms with Gasteiger partial charge in [0.2, 0.25) is 5.91 Å². The average molecular weight is 600 g/mol. The molecule has 1 fully saturated rings. The predicted octanol–water partition coefficient (Wildman–Crippen LogP) is 6.30. The van der Waals surface area contributed by atoms with Crippen LogP contribution in [0.4, 0.5) is 4.79 Å². The number of fused-ring (bicyclic) bond motifs is 3. The van der Waals surface area contributed by atoms with Crippen molar-refractivity contribution in [3.05, 3.63) is 66.2 Å². The van der Waals surface area contributed by atoms with Crippen LogP contribution in [0.2, 0.25) is 0 Å². The Morgan fingerprint density at radius 1 is 1.09 bits per heavy atom. The van der Waals surface area contributed by atoms with Crippen molar-refractivity contribution in [3.63, 3.8) is 0 Å². The summed E-state index contributed by atoms with van der Waals surface area (Å²) in [6.45, 7) is 2.47. The Kier molecular flexibility index (Phi) is 10.5. The quantitative estimate of drug-likeness (QED) is 0.343. The fraction of sp³-hybridized carbons (Fsp3) is 0.429. The highest BCUT2D eigenvalue weighted by Crippen LogP contribution is 2.34. The van der Waals surface area contributed by atoms with Gasteiger partial charge in [-0.2, -0.15) is 0 Å². The minimum Gasteiger partial charge on any atom is -0.488 e. The van der Waals surface area contributed by atoms with Crippen molar-refractivity contribution >= 4 is 34.9 Å². The van der Waals surface area contributed by atoms with Crippen LogP contribution in [-0.4, -0.2) is 66.3 Å². The van der Waals surface area contributed by atoms with Crippen molar-refractivity contribution in [1.29, 1.82) is 0 Å². The Hall–Kier alpha value is -4.40. The van der Waals surface area contributed by atoms with Crippen molar-refractivity contribution in [2.45, 2.75) is 76.5 Å². The van der Waals surface area contributed by atoms with Crippen LogP contribution in [0.3, 0.4) is 0 Å². The monoisotopic (exact) mass is 599 g/mol. The van der Waals surface area contributed by atoms with Gasteiger partial charge in [0.1, 0.15) is 23.9 Å². The van der Waals surface area contributed by atoms with Gasteiger partial charge in [-0.25, -0.2) is 14.6 Å². The maximum Gasteiger partial charge on any atom is 0.407 e. The molecule has 1 N–H and O–H groups in total. The van der Waals surface area contributed by atoms with E-state index in [9.17, 15) is 14.4 Å². The third-order valence-electron chi connectivity index (χ3n) is 8.17. The number of hydrogen-bond donors (Lipinski definition) is 1. The number of amides is 2. The van der Waals surface area contributed by atoms with E-state index < -0.39 is 30.3 Å². The summed E-state index contributed by atoms with van der Waals surface area (Å²) in [6, 6.07) is 16.3. The van der Waals surface area contributed by atoms with Crippen LogP contribution in [-0.2, 0) is 19.1 Å². The van der Waals surface area contributed by atoms with E-state index in [0.717, 1.165) is 66.2 Å². The molecule has 3 heterocycles. The number of alkyl carbamates (subject to hydrolysis) is 1. The molecule has 2 aliphatic rings. The van der Waals surface area contributed by atoms with Gasteiger partial charge in [0.05, 0.1) is 31.5 Å². The first kappa shape index (κ1) is 31.0. The van der Waals surface area contributed by atoms with Gasteiger partial charge in [0, 0.05) is 23.4 Å². The van der Waals surface area contributed by atoms with E-state index in [1.807, 2.05) is 55.5 Å². The highest BCUT2D eigenvalue weighted by molar-refractivity contribution is 5.91. The van der Waals surface area contributed by atoms with Gasteiger partial charge in [-0.3, -0.25) is 4.79 Å². The molecule has 44 heavy (non-hydrogen) atoms. The van der Waals surface area contributed by atoms with Crippen LogP contribution in [0.5, 0.6) is 5.75 Å². The number of esters is 1. The lowest BCUT2D eigenvalue weighted by molar-refractivity contribution is -0.151. The first-order valence-electron chi connectivity index (χ1n) is 15.6. The molecule has 0 aliphatic carbocycles. The Bertz CT molecular complexity index is 1490. The van der Waals surface area contributed by atoms with Gasteiger partial charge >= 0.3 is 12.1 Å². The number of nitrogens with zero attached hydrogens (tertiary/aromatic N) is 2. The second kappa shape index (κ2) is 14.9. The topological polar surface area (TPSA) is 107 Å². The normalized spacial score (nSPS) is 22.1. The summed E-state index contributed by atoms with van der Waals surface area (Å²) in [7, 11) is 1.31. The van der Waals surface area contributed by atoms with Gasteiger partial charge in [0.15, 0.2) is 0 Å². The molecule has 232 valence electrons. The second-order valence-corrected chi connectivity index (χ2v) is 11.4. The first-order valence-corrected chi connectivity index (χ1v) is 15.6. The number of carbonyl (C=O) groups excluding carboxylic acids is 3. The number of unbranched alkanes of at least 4 members (excludes halogenated alkanes) is 1. The maximum atomic E-state index is 13.9. The lowest BCUT2D eigenvalue weighted by Crippen LogP contribution is -2.52. The lowest BCUT2D eigenvalue weighted by atomic mass is 10.1. The van der Waals surface area contributed by atoms with Crippen LogP contribution in [0.1, 0.15) is 63.9 Å². The zero-order valence-electron chi connectivity index (χ0n) is 25.5. The average Bonchev–Trinajstić information content (AvgIpc) is 3.47. The van der Waals surface area contributed by atoms with E-state index in [-0.39, 0.29) is 25.5 Å². The Balaban J connectivity index is 1.53. The zero-order chi connectivity index (χ0) is 30.9. The zero-order valence-corrected chi connectivity index (χ0v) is 25.5. The molecule has 9 nitrogen and oxygen atoms in total. The molecular weight excluding hydrogens is 558 g/mol. The number of rotatable bonds is 5. The third kappa shape index (κ3) is 7.56. The summed E-state index contributed by atoms with van der Waals surface area (Å²) >= 11 is 0. The molecule has 1 aromatic heterocycles. The Morgan fingerprint density at radius 2 is 1.93 bits per heavy atom. The second-order valence-electron chi connectivity index (χ2n) is 11.4. The summed E-state index contributed by atoms with van der Waals surface area (Å²) < 4.78 is 17.2. The third-order valence-corrected chi connectivity index (χ3v) is 8.17. The van der Waals surface area contributed by atoms with Gasteiger partial charge < -0.3 is 24.4 Å². The van der Waals surface area contributed by atoms with Crippen molar-refractivity contribution in [1.82, 2.24) is 15.2 Å². The van der Waals surface area contributed by atoms with Gasteiger partial charge in [0.25, 0.3) is 0 Å². The number of cyclic esters (lactones) is 1. The number of nitrogens with one attached hydrogen (secondary N) is 1. The molecule has 2 aliphatic heterocycles. The van der Waals surface area contributed by atoms with Crippen LogP contribution in [0.15, 0.2) is 60.7 Å². The van der Waals surface area contributed by atoms with Crippen molar-refractivity contribution in [3.8, 4) is 17.0 Å². The molecule has 2 aromatic carbocycles. The summed E-state index contributed by atoms with van der Waals surface area (Å²) in [5.41, 5.74) is 3.54. The van der Waals surface area contributed by atoms with Gasteiger partial charge in [-0.1, -0.05) is 68.3 Å². The Labute approximate surface area is 258 Å². The first-order chi connectivity index (χ1) is 21.5. The molecule has 0 unspecified atom stereocenters. The molecule has 0 spiro atoms. The number of aromatic nitrogens is 1. The van der Waals surface area contributed by atoms with Crippen molar-refractivity contribution < 1.29 is 28.6 Å². The lowest BCUT2D eigenvalue weighted by Gasteiger charge is -2.27. The van der Waals surface area contributed by atoms with E-state index in [2.05, 4.69) is 23.5 Å². The number of benzene rings is 2. The molecule has 0 saturated carbocycles.